The first-order valence-electron chi connectivity index (χ1n) is 10.0. The highest BCUT2D eigenvalue weighted by Crippen LogP contribution is 2.39. The molecule has 1 saturated heterocycles. The van der Waals surface area contributed by atoms with Crippen molar-refractivity contribution in [1.29, 1.82) is 0 Å². The molecule has 4 rings (SSSR count). The van der Waals surface area contributed by atoms with Crippen molar-refractivity contribution in [3.8, 4) is 11.3 Å². The Bertz CT molecular complexity index is 1030. The molecule has 1 aliphatic heterocycles. The predicted octanol–water partition coefficient (Wildman–Crippen LogP) is 5.60. The molecule has 2 aromatic carbocycles. The van der Waals surface area contributed by atoms with Gasteiger partial charge in [0.1, 0.15) is 0 Å². The lowest BCUT2D eigenvalue weighted by atomic mass is 9.96. The number of hydrogen-bond donors (Lipinski definition) is 1. The maximum atomic E-state index is 12.4. The molecule has 0 radical (unpaired) electrons. The molecule has 2 heterocycles. The van der Waals surface area contributed by atoms with Crippen LogP contribution in [0.25, 0.3) is 22.2 Å². The van der Waals surface area contributed by atoms with Gasteiger partial charge in [0.15, 0.2) is 0 Å². The fraction of sp³-hybridized carbons (Fsp3) is 0.333. The van der Waals surface area contributed by atoms with Gasteiger partial charge in [-0.3, -0.25) is 0 Å². The third-order valence-corrected chi connectivity index (χ3v) is 5.64. The number of para-hydroxylation sites is 1. The van der Waals surface area contributed by atoms with E-state index < -0.39 is 5.97 Å². The van der Waals surface area contributed by atoms with Crippen molar-refractivity contribution in [1.82, 2.24) is 4.98 Å². The molecule has 0 unspecified atom stereocenters. The average molecular weight is 374 g/mol. The number of hydrogen-bond acceptors (Lipinski definition) is 3. The molecule has 28 heavy (non-hydrogen) atoms. The maximum absolute atomic E-state index is 12.4. The molecule has 0 saturated carbocycles. The molecular formula is C24H26N2O2. The number of rotatable bonds is 3. The summed E-state index contributed by atoms with van der Waals surface area (Å²) < 4.78 is 0. The van der Waals surface area contributed by atoms with E-state index in [2.05, 4.69) is 36.9 Å². The van der Waals surface area contributed by atoms with Crippen molar-refractivity contribution in [3.05, 3.63) is 59.2 Å². The van der Waals surface area contributed by atoms with Gasteiger partial charge < -0.3 is 10.0 Å². The minimum absolute atomic E-state index is 0.377. The lowest BCUT2D eigenvalue weighted by molar-refractivity contribution is 0.0699. The largest absolute Gasteiger partial charge is 0.478 e. The molecule has 0 aliphatic carbocycles. The second-order valence-electron chi connectivity index (χ2n) is 7.73. The SMILES string of the molecule is Cc1ccc(-c2nc3ccccc3c(C(=O)O)c2N2CCCCCC2)c(C)c1. The summed E-state index contributed by atoms with van der Waals surface area (Å²) in [4.78, 5) is 19.7. The quantitative estimate of drug-likeness (QED) is 0.648. The van der Waals surface area contributed by atoms with Gasteiger partial charge in [-0.1, -0.05) is 54.8 Å². The second-order valence-corrected chi connectivity index (χ2v) is 7.73. The van der Waals surface area contributed by atoms with Crippen LogP contribution < -0.4 is 4.90 Å². The van der Waals surface area contributed by atoms with Crippen LogP contribution in [0.3, 0.4) is 0 Å². The number of anilines is 1. The lowest BCUT2D eigenvalue weighted by Crippen LogP contribution is -2.27. The summed E-state index contributed by atoms with van der Waals surface area (Å²) in [7, 11) is 0. The fourth-order valence-electron chi connectivity index (χ4n) is 4.29. The van der Waals surface area contributed by atoms with E-state index in [1.165, 1.54) is 18.4 Å². The number of aromatic carboxylic acids is 1. The number of aromatic nitrogens is 1. The van der Waals surface area contributed by atoms with Gasteiger partial charge in [0.2, 0.25) is 0 Å². The molecule has 0 amide bonds. The zero-order valence-corrected chi connectivity index (χ0v) is 16.5. The van der Waals surface area contributed by atoms with E-state index in [1.807, 2.05) is 24.3 Å². The Labute approximate surface area is 165 Å². The fourth-order valence-corrected chi connectivity index (χ4v) is 4.29. The summed E-state index contributed by atoms with van der Waals surface area (Å²) in [5.74, 6) is -0.885. The van der Waals surface area contributed by atoms with Gasteiger partial charge in [0, 0.05) is 24.0 Å². The van der Waals surface area contributed by atoms with Crippen LogP contribution >= 0.6 is 0 Å². The number of pyridine rings is 1. The van der Waals surface area contributed by atoms with Crippen molar-refractivity contribution in [2.24, 2.45) is 0 Å². The number of carbonyl (C=O) groups is 1. The van der Waals surface area contributed by atoms with E-state index in [0.717, 1.165) is 54.0 Å². The third kappa shape index (κ3) is 3.35. The monoisotopic (exact) mass is 374 g/mol. The van der Waals surface area contributed by atoms with Gasteiger partial charge in [0.25, 0.3) is 0 Å². The molecule has 1 aromatic heterocycles. The van der Waals surface area contributed by atoms with Crippen molar-refractivity contribution >= 4 is 22.6 Å². The summed E-state index contributed by atoms with van der Waals surface area (Å²) in [5.41, 5.74) is 6.00. The number of nitrogens with zero attached hydrogens (tertiary/aromatic N) is 2. The molecular weight excluding hydrogens is 348 g/mol. The summed E-state index contributed by atoms with van der Waals surface area (Å²) in [6.45, 7) is 5.89. The topological polar surface area (TPSA) is 53.4 Å². The standard InChI is InChI=1S/C24H26N2O2/c1-16-11-12-18(17(2)15-16)22-23(26-13-7-3-4-8-14-26)21(24(27)28)19-9-5-6-10-20(19)25-22/h5-6,9-12,15H,3-4,7-8,13-14H2,1-2H3,(H,27,28). The van der Waals surface area contributed by atoms with Gasteiger partial charge in [-0.25, -0.2) is 9.78 Å². The zero-order chi connectivity index (χ0) is 19.7. The van der Waals surface area contributed by atoms with Gasteiger partial charge in [0.05, 0.1) is 22.5 Å². The normalized spacial score (nSPS) is 14.9. The van der Waals surface area contributed by atoms with Crippen molar-refractivity contribution in [2.75, 3.05) is 18.0 Å². The summed E-state index contributed by atoms with van der Waals surface area (Å²) in [6, 6.07) is 13.9. The van der Waals surface area contributed by atoms with Crippen LogP contribution in [0.2, 0.25) is 0 Å². The smallest absolute Gasteiger partial charge is 0.338 e. The Morgan fingerprint density at radius 1 is 1.00 bits per heavy atom. The van der Waals surface area contributed by atoms with Crippen molar-refractivity contribution in [2.45, 2.75) is 39.5 Å². The molecule has 4 nitrogen and oxygen atoms in total. The Kier molecular flexibility index (Phi) is 5.03. The first kappa shape index (κ1) is 18.5. The molecule has 0 spiro atoms. The Hall–Kier alpha value is -2.88. The van der Waals surface area contributed by atoms with Crippen molar-refractivity contribution in [3.63, 3.8) is 0 Å². The van der Waals surface area contributed by atoms with Crippen LogP contribution in [0.4, 0.5) is 5.69 Å². The van der Waals surface area contributed by atoms with Crippen LogP contribution in [0, 0.1) is 13.8 Å². The highest BCUT2D eigenvalue weighted by molar-refractivity contribution is 6.10. The van der Waals surface area contributed by atoms with E-state index in [4.69, 9.17) is 4.98 Å². The van der Waals surface area contributed by atoms with Gasteiger partial charge in [-0.15, -0.1) is 0 Å². The van der Waals surface area contributed by atoms with E-state index in [-0.39, 0.29) is 0 Å². The highest BCUT2D eigenvalue weighted by Gasteiger charge is 2.26. The zero-order valence-electron chi connectivity index (χ0n) is 16.5. The molecule has 0 atom stereocenters. The Morgan fingerprint density at radius 2 is 1.71 bits per heavy atom. The summed E-state index contributed by atoms with van der Waals surface area (Å²) >= 11 is 0. The van der Waals surface area contributed by atoms with E-state index >= 15 is 0 Å². The number of fused-ring (bicyclic) bond motifs is 1. The molecule has 3 aromatic rings. The van der Waals surface area contributed by atoms with Crippen LogP contribution in [0.5, 0.6) is 0 Å². The Balaban J connectivity index is 2.06. The predicted molar refractivity (Wildman–Crippen MR) is 114 cm³/mol. The van der Waals surface area contributed by atoms with Crippen LogP contribution in [-0.4, -0.2) is 29.1 Å². The molecule has 0 bridgehead atoms. The number of aryl methyl sites for hydroxylation is 2. The first-order valence-corrected chi connectivity index (χ1v) is 10.0. The minimum Gasteiger partial charge on any atom is -0.478 e. The van der Waals surface area contributed by atoms with Gasteiger partial charge >= 0.3 is 5.97 Å². The molecule has 1 fully saturated rings. The molecule has 4 heteroatoms. The van der Waals surface area contributed by atoms with Crippen LogP contribution in [-0.2, 0) is 0 Å². The molecule has 1 N–H and O–H groups in total. The van der Waals surface area contributed by atoms with E-state index in [1.54, 1.807) is 0 Å². The van der Waals surface area contributed by atoms with Crippen LogP contribution in [0.15, 0.2) is 42.5 Å². The Morgan fingerprint density at radius 3 is 2.39 bits per heavy atom. The van der Waals surface area contributed by atoms with E-state index in [9.17, 15) is 9.90 Å². The van der Waals surface area contributed by atoms with Crippen LogP contribution in [0.1, 0.15) is 47.2 Å². The molecule has 144 valence electrons. The first-order chi connectivity index (χ1) is 13.6. The minimum atomic E-state index is -0.885. The highest BCUT2D eigenvalue weighted by atomic mass is 16.4. The summed E-state index contributed by atoms with van der Waals surface area (Å²) in [5, 5.41) is 10.9. The third-order valence-electron chi connectivity index (χ3n) is 5.64. The van der Waals surface area contributed by atoms with Gasteiger partial charge in [-0.05, 0) is 38.3 Å². The number of benzene rings is 2. The van der Waals surface area contributed by atoms with Crippen molar-refractivity contribution < 1.29 is 9.90 Å². The average Bonchev–Trinajstić information content (AvgIpc) is 2.95. The number of carboxylic acids is 1. The second kappa shape index (κ2) is 7.63. The summed E-state index contributed by atoms with van der Waals surface area (Å²) in [6.07, 6.45) is 4.55. The van der Waals surface area contributed by atoms with E-state index in [0.29, 0.717) is 10.9 Å². The number of carboxylic acid groups (broad SMARTS) is 1. The maximum Gasteiger partial charge on any atom is 0.338 e. The van der Waals surface area contributed by atoms with Gasteiger partial charge in [-0.2, -0.15) is 0 Å². The molecule has 1 aliphatic rings. The lowest BCUT2D eigenvalue weighted by Gasteiger charge is -2.28.